The standard InChI is InChI=1S/C23H29NO4/c1-3-4-5-6-7-8-17-27-21-13-11-20(12-14-21)23(25)28-22-15-9-19(10-16-22)18(2)24-26/h9-16,26H,3-8,17H2,1-2H3/b24-18-. The zero-order chi connectivity index (χ0) is 20.2. The Bertz CT molecular complexity index is 751. The fourth-order valence-electron chi connectivity index (χ4n) is 2.75. The highest BCUT2D eigenvalue weighted by Crippen LogP contribution is 2.17. The number of hydrogen-bond acceptors (Lipinski definition) is 5. The predicted octanol–water partition coefficient (Wildman–Crippen LogP) is 5.84. The van der Waals surface area contributed by atoms with E-state index in [1.807, 2.05) is 0 Å². The van der Waals surface area contributed by atoms with Crippen molar-refractivity contribution in [1.29, 1.82) is 0 Å². The van der Waals surface area contributed by atoms with Gasteiger partial charge in [-0.2, -0.15) is 0 Å². The molecule has 0 aliphatic carbocycles. The van der Waals surface area contributed by atoms with Gasteiger partial charge in [-0.25, -0.2) is 4.79 Å². The van der Waals surface area contributed by atoms with Gasteiger partial charge < -0.3 is 14.7 Å². The van der Waals surface area contributed by atoms with Crippen molar-refractivity contribution in [3.8, 4) is 11.5 Å². The second-order valence-electron chi connectivity index (χ2n) is 6.74. The molecule has 0 heterocycles. The van der Waals surface area contributed by atoms with Crippen molar-refractivity contribution in [3.63, 3.8) is 0 Å². The largest absolute Gasteiger partial charge is 0.494 e. The van der Waals surface area contributed by atoms with Gasteiger partial charge in [-0.05, 0) is 67.4 Å². The molecule has 150 valence electrons. The van der Waals surface area contributed by atoms with Crippen LogP contribution in [0.2, 0.25) is 0 Å². The molecule has 0 spiro atoms. The summed E-state index contributed by atoms with van der Waals surface area (Å²) in [6.07, 6.45) is 7.35. The molecule has 0 saturated heterocycles. The van der Waals surface area contributed by atoms with Crippen LogP contribution in [0.25, 0.3) is 0 Å². The molecular formula is C23H29NO4. The molecule has 0 bridgehead atoms. The maximum Gasteiger partial charge on any atom is 0.343 e. The summed E-state index contributed by atoms with van der Waals surface area (Å²) < 4.78 is 11.1. The van der Waals surface area contributed by atoms with E-state index in [0.717, 1.165) is 17.7 Å². The molecule has 0 amide bonds. The highest BCUT2D eigenvalue weighted by Gasteiger charge is 2.09. The minimum atomic E-state index is -0.428. The zero-order valence-electron chi connectivity index (χ0n) is 16.7. The first-order chi connectivity index (χ1) is 13.6. The highest BCUT2D eigenvalue weighted by molar-refractivity contribution is 5.98. The lowest BCUT2D eigenvalue weighted by Crippen LogP contribution is -2.08. The van der Waals surface area contributed by atoms with Crippen LogP contribution in [0.15, 0.2) is 53.7 Å². The number of unbranched alkanes of at least 4 members (excludes halogenated alkanes) is 5. The monoisotopic (exact) mass is 383 g/mol. The SMILES string of the molecule is CCCCCCCCOc1ccc(C(=O)Oc2ccc(/C(C)=N\O)cc2)cc1. The van der Waals surface area contributed by atoms with Crippen molar-refractivity contribution in [2.75, 3.05) is 6.61 Å². The van der Waals surface area contributed by atoms with E-state index in [-0.39, 0.29) is 0 Å². The third-order valence-electron chi connectivity index (χ3n) is 4.49. The van der Waals surface area contributed by atoms with Gasteiger partial charge in [-0.1, -0.05) is 44.2 Å². The van der Waals surface area contributed by atoms with E-state index < -0.39 is 5.97 Å². The van der Waals surface area contributed by atoms with Crippen molar-refractivity contribution in [2.45, 2.75) is 52.4 Å². The summed E-state index contributed by atoms with van der Waals surface area (Å²) in [6.45, 7) is 4.60. The van der Waals surface area contributed by atoms with E-state index in [1.54, 1.807) is 55.5 Å². The Labute approximate surface area is 167 Å². The summed E-state index contributed by atoms with van der Waals surface area (Å²) in [6, 6.07) is 13.8. The van der Waals surface area contributed by atoms with Gasteiger partial charge in [0, 0.05) is 0 Å². The van der Waals surface area contributed by atoms with Crippen LogP contribution in [0, 0.1) is 0 Å². The molecule has 1 N–H and O–H groups in total. The molecule has 0 aromatic heterocycles. The van der Waals surface area contributed by atoms with E-state index in [2.05, 4.69) is 12.1 Å². The average Bonchev–Trinajstić information content (AvgIpc) is 2.73. The van der Waals surface area contributed by atoms with E-state index in [9.17, 15) is 4.79 Å². The van der Waals surface area contributed by atoms with Crippen LogP contribution in [-0.4, -0.2) is 23.5 Å². The van der Waals surface area contributed by atoms with Crippen molar-refractivity contribution >= 4 is 11.7 Å². The molecule has 5 heteroatoms. The van der Waals surface area contributed by atoms with E-state index in [0.29, 0.717) is 23.6 Å². The number of hydrogen-bond donors (Lipinski definition) is 1. The first kappa shape index (κ1) is 21.5. The van der Waals surface area contributed by atoms with Crippen LogP contribution in [0.1, 0.15) is 68.3 Å². The van der Waals surface area contributed by atoms with Crippen LogP contribution >= 0.6 is 0 Å². The van der Waals surface area contributed by atoms with Crippen LogP contribution in [0.3, 0.4) is 0 Å². The number of oxime groups is 1. The van der Waals surface area contributed by atoms with Gasteiger partial charge >= 0.3 is 5.97 Å². The topological polar surface area (TPSA) is 68.1 Å². The van der Waals surface area contributed by atoms with Gasteiger partial charge in [-0.15, -0.1) is 0 Å². The predicted molar refractivity (Wildman–Crippen MR) is 111 cm³/mol. The summed E-state index contributed by atoms with van der Waals surface area (Å²) in [5, 5.41) is 11.9. The normalized spacial score (nSPS) is 11.3. The molecule has 2 aromatic rings. The third kappa shape index (κ3) is 7.06. The van der Waals surface area contributed by atoms with Crippen molar-refractivity contribution in [3.05, 3.63) is 59.7 Å². The first-order valence-corrected chi connectivity index (χ1v) is 9.88. The first-order valence-electron chi connectivity index (χ1n) is 9.88. The fourth-order valence-corrected chi connectivity index (χ4v) is 2.75. The minimum Gasteiger partial charge on any atom is -0.494 e. The molecule has 0 saturated carbocycles. The Hall–Kier alpha value is -2.82. The van der Waals surface area contributed by atoms with Gasteiger partial charge in [0.15, 0.2) is 0 Å². The lowest BCUT2D eigenvalue weighted by molar-refractivity contribution is 0.0734. The Morgan fingerprint density at radius 3 is 2.07 bits per heavy atom. The molecule has 0 unspecified atom stereocenters. The van der Waals surface area contributed by atoms with Gasteiger partial charge in [0.25, 0.3) is 0 Å². The average molecular weight is 383 g/mol. The number of ether oxygens (including phenoxy) is 2. The maximum absolute atomic E-state index is 12.3. The summed E-state index contributed by atoms with van der Waals surface area (Å²) in [5.74, 6) is 0.763. The van der Waals surface area contributed by atoms with E-state index in [1.165, 1.54) is 32.1 Å². The van der Waals surface area contributed by atoms with Gasteiger partial charge in [-0.3, -0.25) is 0 Å². The van der Waals surface area contributed by atoms with Crippen LogP contribution < -0.4 is 9.47 Å². The highest BCUT2D eigenvalue weighted by atomic mass is 16.5. The number of benzene rings is 2. The number of esters is 1. The Morgan fingerprint density at radius 1 is 0.857 bits per heavy atom. The van der Waals surface area contributed by atoms with Crippen molar-refractivity contribution < 1.29 is 19.5 Å². The van der Waals surface area contributed by atoms with Crippen LogP contribution in [0.4, 0.5) is 0 Å². The van der Waals surface area contributed by atoms with Crippen molar-refractivity contribution in [1.82, 2.24) is 0 Å². The molecule has 0 aliphatic heterocycles. The number of carbonyl (C=O) groups excluding carboxylic acids is 1. The van der Waals surface area contributed by atoms with E-state index >= 15 is 0 Å². The molecule has 0 aliphatic rings. The smallest absolute Gasteiger partial charge is 0.343 e. The minimum absolute atomic E-state index is 0.428. The molecule has 28 heavy (non-hydrogen) atoms. The molecule has 2 aromatic carbocycles. The zero-order valence-corrected chi connectivity index (χ0v) is 16.7. The quantitative estimate of drug-likeness (QED) is 0.132. The lowest BCUT2D eigenvalue weighted by Gasteiger charge is -2.08. The van der Waals surface area contributed by atoms with Gasteiger partial charge in [0.2, 0.25) is 0 Å². The summed E-state index contributed by atoms with van der Waals surface area (Å²) in [4.78, 5) is 12.3. The Morgan fingerprint density at radius 2 is 1.43 bits per heavy atom. The molecule has 5 nitrogen and oxygen atoms in total. The molecule has 2 rings (SSSR count). The third-order valence-corrected chi connectivity index (χ3v) is 4.49. The molecule has 0 fully saturated rings. The second kappa shape index (κ2) is 11.8. The maximum atomic E-state index is 12.3. The number of nitrogens with zero attached hydrogens (tertiary/aromatic N) is 1. The Kier molecular flexibility index (Phi) is 9.05. The summed E-state index contributed by atoms with van der Waals surface area (Å²) in [5.41, 5.74) is 1.72. The molecule has 0 atom stereocenters. The fraction of sp³-hybridized carbons (Fsp3) is 0.391. The molecular weight excluding hydrogens is 354 g/mol. The number of rotatable bonds is 11. The summed E-state index contributed by atoms with van der Waals surface area (Å²) in [7, 11) is 0. The number of carbonyl (C=O) groups is 1. The lowest BCUT2D eigenvalue weighted by atomic mass is 10.1. The van der Waals surface area contributed by atoms with Crippen LogP contribution in [-0.2, 0) is 0 Å². The summed E-state index contributed by atoms with van der Waals surface area (Å²) >= 11 is 0. The molecule has 0 radical (unpaired) electrons. The Balaban J connectivity index is 1.78. The van der Waals surface area contributed by atoms with Crippen molar-refractivity contribution in [2.24, 2.45) is 5.16 Å². The second-order valence-corrected chi connectivity index (χ2v) is 6.74. The van der Waals surface area contributed by atoms with Gasteiger partial charge in [0.1, 0.15) is 11.5 Å². The van der Waals surface area contributed by atoms with Crippen LogP contribution in [0.5, 0.6) is 11.5 Å². The van der Waals surface area contributed by atoms with E-state index in [4.69, 9.17) is 14.7 Å². The van der Waals surface area contributed by atoms with Gasteiger partial charge in [0.05, 0.1) is 17.9 Å².